The zero-order chi connectivity index (χ0) is 17.1. The van der Waals surface area contributed by atoms with Gasteiger partial charge in [0.1, 0.15) is 6.07 Å². The Morgan fingerprint density at radius 1 is 1.38 bits per heavy atom. The second-order valence-electron chi connectivity index (χ2n) is 6.23. The summed E-state index contributed by atoms with van der Waals surface area (Å²) in [6.45, 7) is 3.75. The summed E-state index contributed by atoms with van der Waals surface area (Å²) in [6.07, 6.45) is 3.48. The Balaban J connectivity index is 1.58. The molecule has 2 amide bonds. The molecule has 0 atom stereocenters. The smallest absolute Gasteiger partial charge is 0.251 e. The molecule has 1 aromatic heterocycles. The summed E-state index contributed by atoms with van der Waals surface area (Å²) in [4.78, 5) is 28.5. The van der Waals surface area contributed by atoms with E-state index in [-0.39, 0.29) is 11.8 Å². The van der Waals surface area contributed by atoms with Crippen LogP contribution >= 0.6 is 0 Å². The van der Waals surface area contributed by atoms with E-state index in [9.17, 15) is 9.59 Å². The van der Waals surface area contributed by atoms with Crippen LogP contribution in [0.5, 0.6) is 0 Å². The van der Waals surface area contributed by atoms with E-state index in [0.717, 1.165) is 36.8 Å². The van der Waals surface area contributed by atoms with Crippen molar-refractivity contribution >= 4 is 22.7 Å². The Kier molecular flexibility index (Phi) is 4.52. The number of nitrogens with one attached hydrogen (secondary N) is 2. The maximum atomic E-state index is 12.3. The molecule has 124 valence electrons. The van der Waals surface area contributed by atoms with Crippen LogP contribution in [0.15, 0.2) is 24.4 Å². The van der Waals surface area contributed by atoms with Crippen LogP contribution in [0, 0.1) is 17.2 Å². The highest BCUT2D eigenvalue weighted by molar-refractivity contribution is 5.98. The van der Waals surface area contributed by atoms with Crippen molar-refractivity contribution in [2.24, 2.45) is 5.92 Å². The van der Waals surface area contributed by atoms with Gasteiger partial charge in [0.2, 0.25) is 5.91 Å². The SMILES string of the molecule is CC(=O)N1CCC(CNC(=O)c2ccc3c(C#N)c[nH]c3c2)CC1. The van der Waals surface area contributed by atoms with Crippen molar-refractivity contribution in [2.75, 3.05) is 19.6 Å². The van der Waals surface area contributed by atoms with Gasteiger partial charge in [-0.05, 0) is 30.9 Å². The number of hydrogen-bond donors (Lipinski definition) is 2. The van der Waals surface area contributed by atoms with Crippen molar-refractivity contribution in [2.45, 2.75) is 19.8 Å². The summed E-state index contributed by atoms with van der Waals surface area (Å²) in [7, 11) is 0. The van der Waals surface area contributed by atoms with Crippen molar-refractivity contribution in [3.8, 4) is 6.07 Å². The van der Waals surface area contributed by atoms with Gasteiger partial charge in [0.15, 0.2) is 0 Å². The van der Waals surface area contributed by atoms with Crippen LogP contribution in [0.2, 0.25) is 0 Å². The number of carbonyl (C=O) groups is 2. The van der Waals surface area contributed by atoms with Crippen LogP contribution in [0.1, 0.15) is 35.7 Å². The van der Waals surface area contributed by atoms with E-state index in [4.69, 9.17) is 5.26 Å². The van der Waals surface area contributed by atoms with Crippen LogP contribution in [-0.4, -0.2) is 41.3 Å². The molecule has 6 heteroatoms. The Morgan fingerprint density at radius 3 is 2.79 bits per heavy atom. The number of benzene rings is 1. The first kappa shape index (κ1) is 16.1. The summed E-state index contributed by atoms with van der Waals surface area (Å²) in [5.74, 6) is 0.413. The van der Waals surface area contributed by atoms with Crippen LogP contribution in [0.4, 0.5) is 0 Å². The zero-order valence-electron chi connectivity index (χ0n) is 13.6. The van der Waals surface area contributed by atoms with Gasteiger partial charge in [0, 0.05) is 49.2 Å². The quantitative estimate of drug-likeness (QED) is 0.905. The van der Waals surface area contributed by atoms with E-state index < -0.39 is 0 Å². The minimum Gasteiger partial charge on any atom is -0.360 e. The molecule has 0 saturated carbocycles. The third-order valence-electron chi connectivity index (χ3n) is 4.68. The van der Waals surface area contributed by atoms with Gasteiger partial charge < -0.3 is 15.2 Å². The fraction of sp³-hybridized carbons (Fsp3) is 0.389. The lowest BCUT2D eigenvalue weighted by molar-refractivity contribution is -0.130. The number of nitrogens with zero attached hydrogens (tertiary/aromatic N) is 2. The first-order valence-electron chi connectivity index (χ1n) is 8.13. The fourth-order valence-electron chi connectivity index (χ4n) is 3.15. The predicted molar refractivity (Wildman–Crippen MR) is 90.3 cm³/mol. The number of aromatic amines is 1. The molecule has 0 bridgehead atoms. The van der Waals surface area contributed by atoms with Gasteiger partial charge in [-0.1, -0.05) is 6.07 Å². The second kappa shape index (κ2) is 6.75. The molecule has 3 rings (SSSR count). The van der Waals surface area contributed by atoms with Gasteiger partial charge in [-0.15, -0.1) is 0 Å². The number of carbonyl (C=O) groups excluding carboxylic acids is 2. The highest BCUT2D eigenvalue weighted by Crippen LogP contribution is 2.20. The Hall–Kier alpha value is -2.81. The molecule has 1 fully saturated rings. The molecule has 0 unspecified atom stereocenters. The largest absolute Gasteiger partial charge is 0.360 e. The van der Waals surface area contributed by atoms with Gasteiger partial charge in [-0.3, -0.25) is 9.59 Å². The van der Waals surface area contributed by atoms with Crippen LogP contribution in [-0.2, 0) is 4.79 Å². The summed E-state index contributed by atoms with van der Waals surface area (Å²) >= 11 is 0. The average Bonchev–Trinajstić information content (AvgIpc) is 3.02. The first-order chi connectivity index (χ1) is 11.6. The molecule has 0 radical (unpaired) electrons. The van der Waals surface area contributed by atoms with Crippen LogP contribution in [0.25, 0.3) is 10.9 Å². The van der Waals surface area contributed by atoms with Crippen molar-refractivity contribution < 1.29 is 9.59 Å². The molecule has 1 aliphatic heterocycles. The number of amides is 2. The lowest BCUT2D eigenvalue weighted by Gasteiger charge is -2.31. The number of nitriles is 1. The zero-order valence-corrected chi connectivity index (χ0v) is 13.6. The highest BCUT2D eigenvalue weighted by atomic mass is 16.2. The monoisotopic (exact) mass is 324 g/mol. The van der Waals surface area contributed by atoms with Crippen LogP contribution < -0.4 is 5.32 Å². The summed E-state index contributed by atoms with van der Waals surface area (Å²) < 4.78 is 0. The molecule has 24 heavy (non-hydrogen) atoms. The fourth-order valence-corrected chi connectivity index (χ4v) is 3.15. The summed E-state index contributed by atoms with van der Waals surface area (Å²) in [5, 5.41) is 12.8. The Bertz CT molecular complexity index is 810. The maximum Gasteiger partial charge on any atom is 0.251 e. The standard InChI is InChI=1S/C18H20N4O2/c1-12(23)22-6-4-13(5-7-22)10-21-18(24)14-2-3-16-15(9-19)11-20-17(16)8-14/h2-3,8,11,13,20H,4-7,10H2,1H3,(H,21,24). The highest BCUT2D eigenvalue weighted by Gasteiger charge is 2.21. The number of hydrogen-bond acceptors (Lipinski definition) is 3. The number of rotatable bonds is 3. The molecular weight excluding hydrogens is 304 g/mol. The minimum atomic E-state index is -0.112. The van der Waals surface area contributed by atoms with E-state index >= 15 is 0 Å². The van der Waals surface area contributed by atoms with E-state index in [1.54, 1.807) is 31.3 Å². The van der Waals surface area contributed by atoms with Crippen LogP contribution in [0.3, 0.4) is 0 Å². The lowest BCUT2D eigenvalue weighted by Crippen LogP contribution is -2.40. The molecule has 2 N–H and O–H groups in total. The number of piperidine rings is 1. The molecule has 0 spiro atoms. The van der Waals surface area contributed by atoms with E-state index in [2.05, 4.69) is 16.4 Å². The number of likely N-dealkylation sites (tertiary alicyclic amines) is 1. The van der Waals surface area contributed by atoms with Gasteiger partial charge in [0.05, 0.1) is 5.56 Å². The number of fused-ring (bicyclic) bond motifs is 1. The molecule has 1 aliphatic rings. The Labute approximate surface area is 140 Å². The second-order valence-corrected chi connectivity index (χ2v) is 6.23. The molecule has 1 saturated heterocycles. The average molecular weight is 324 g/mol. The normalized spacial score (nSPS) is 15.2. The van der Waals surface area contributed by atoms with Gasteiger partial charge >= 0.3 is 0 Å². The third kappa shape index (κ3) is 3.25. The molecule has 2 aromatic rings. The lowest BCUT2D eigenvalue weighted by atomic mass is 9.96. The first-order valence-corrected chi connectivity index (χ1v) is 8.13. The van der Waals surface area contributed by atoms with Gasteiger partial charge in [0.25, 0.3) is 5.91 Å². The summed E-state index contributed by atoms with van der Waals surface area (Å²) in [5.41, 5.74) is 1.94. The molecule has 2 heterocycles. The van der Waals surface area contributed by atoms with Gasteiger partial charge in [-0.25, -0.2) is 0 Å². The molecule has 6 nitrogen and oxygen atoms in total. The van der Waals surface area contributed by atoms with E-state index in [0.29, 0.717) is 23.6 Å². The number of H-pyrrole nitrogens is 1. The molecule has 1 aromatic carbocycles. The van der Waals surface area contributed by atoms with Crippen molar-refractivity contribution in [3.05, 3.63) is 35.5 Å². The minimum absolute atomic E-state index is 0.112. The molecular formula is C18H20N4O2. The molecule has 0 aliphatic carbocycles. The van der Waals surface area contributed by atoms with Crippen molar-refractivity contribution in [3.63, 3.8) is 0 Å². The third-order valence-corrected chi connectivity index (χ3v) is 4.68. The summed E-state index contributed by atoms with van der Waals surface area (Å²) in [6, 6.07) is 7.42. The Morgan fingerprint density at radius 2 is 2.12 bits per heavy atom. The number of aromatic nitrogens is 1. The predicted octanol–water partition coefficient (Wildman–Crippen LogP) is 2.03. The topological polar surface area (TPSA) is 89.0 Å². The maximum absolute atomic E-state index is 12.3. The van der Waals surface area contributed by atoms with Crippen molar-refractivity contribution in [1.29, 1.82) is 5.26 Å². The van der Waals surface area contributed by atoms with E-state index in [1.807, 2.05) is 4.90 Å². The van der Waals surface area contributed by atoms with E-state index in [1.165, 1.54) is 0 Å². The van der Waals surface area contributed by atoms with Gasteiger partial charge in [-0.2, -0.15) is 5.26 Å². The van der Waals surface area contributed by atoms with Crippen molar-refractivity contribution in [1.82, 2.24) is 15.2 Å².